The minimum atomic E-state index is -0.786. The first-order valence-corrected chi connectivity index (χ1v) is 6.60. The Bertz CT molecular complexity index is 823. The molecule has 0 atom stereocenters. The molecule has 116 valence electrons. The van der Waals surface area contributed by atoms with Gasteiger partial charge in [0.2, 0.25) is 0 Å². The van der Waals surface area contributed by atoms with Crippen LogP contribution >= 0.6 is 0 Å². The zero-order valence-electron chi connectivity index (χ0n) is 12.2. The standard InChI is InChI=1S/C14H16N4O4/c1-3-22-12(19)11(9(2)15)18-14(21)17(13(20)16-18)10-7-5-4-6-8-10/h4-8H,3,15H2,1-2H3,(H,16,20)/b11-9-. The lowest BCUT2D eigenvalue weighted by atomic mass is 10.3. The van der Waals surface area contributed by atoms with Crippen LogP contribution in [0.15, 0.2) is 45.6 Å². The van der Waals surface area contributed by atoms with E-state index in [1.807, 2.05) is 0 Å². The Morgan fingerprint density at radius 2 is 1.91 bits per heavy atom. The first kappa shape index (κ1) is 15.4. The summed E-state index contributed by atoms with van der Waals surface area (Å²) in [7, 11) is 0. The number of hydrogen-bond acceptors (Lipinski definition) is 5. The van der Waals surface area contributed by atoms with Crippen molar-refractivity contribution in [2.24, 2.45) is 5.73 Å². The molecule has 0 fully saturated rings. The molecule has 1 aromatic heterocycles. The van der Waals surface area contributed by atoms with Crippen LogP contribution in [-0.4, -0.2) is 26.9 Å². The molecule has 0 saturated carbocycles. The monoisotopic (exact) mass is 304 g/mol. The lowest BCUT2D eigenvalue weighted by molar-refractivity contribution is -0.136. The van der Waals surface area contributed by atoms with Crippen LogP contribution in [0.5, 0.6) is 0 Å². The zero-order valence-corrected chi connectivity index (χ0v) is 12.2. The van der Waals surface area contributed by atoms with Gasteiger partial charge in [-0.1, -0.05) is 18.2 Å². The van der Waals surface area contributed by atoms with Crippen molar-refractivity contribution in [2.45, 2.75) is 13.8 Å². The van der Waals surface area contributed by atoms with Crippen LogP contribution in [0, 0.1) is 0 Å². The summed E-state index contributed by atoms with van der Waals surface area (Å²) in [4.78, 5) is 36.4. The summed E-state index contributed by atoms with van der Waals surface area (Å²) in [5, 5.41) is 2.31. The molecular formula is C14H16N4O4. The zero-order chi connectivity index (χ0) is 16.3. The summed E-state index contributed by atoms with van der Waals surface area (Å²) < 4.78 is 6.56. The van der Waals surface area contributed by atoms with Crippen LogP contribution in [0.1, 0.15) is 13.8 Å². The van der Waals surface area contributed by atoms with E-state index in [-0.39, 0.29) is 18.0 Å². The Morgan fingerprint density at radius 1 is 1.27 bits per heavy atom. The number of aromatic amines is 1. The number of H-pyrrole nitrogens is 1. The Balaban J connectivity index is 2.65. The number of benzene rings is 1. The van der Waals surface area contributed by atoms with E-state index in [1.165, 1.54) is 6.92 Å². The highest BCUT2D eigenvalue weighted by atomic mass is 16.5. The molecule has 2 rings (SSSR count). The van der Waals surface area contributed by atoms with Gasteiger partial charge in [0.25, 0.3) is 0 Å². The number of carbonyl (C=O) groups is 1. The van der Waals surface area contributed by atoms with Crippen LogP contribution < -0.4 is 17.1 Å². The average molecular weight is 304 g/mol. The van der Waals surface area contributed by atoms with Gasteiger partial charge in [-0.2, -0.15) is 4.68 Å². The lowest BCUT2D eigenvalue weighted by Crippen LogP contribution is -2.30. The van der Waals surface area contributed by atoms with Crippen molar-refractivity contribution in [3.8, 4) is 5.69 Å². The SMILES string of the molecule is CCOC(=O)/C(=C(\C)N)n1[nH]c(=O)n(-c2ccccc2)c1=O. The normalized spacial score (nSPS) is 11.9. The quantitative estimate of drug-likeness (QED) is 0.611. The van der Waals surface area contributed by atoms with E-state index < -0.39 is 17.3 Å². The summed E-state index contributed by atoms with van der Waals surface area (Å²) in [6.45, 7) is 3.19. The third kappa shape index (κ3) is 2.71. The first-order valence-electron chi connectivity index (χ1n) is 6.60. The van der Waals surface area contributed by atoms with Gasteiger partial charge in [-0.25, -0.2) is 24.0 Å². The van der Waals surface area contributed by atoms with Crippen LogP contribution in [0.3, 0.4) is 0 Å². The molecule has 0 unspecified atom stereocenters. The number of para-hydroxylation sites is 1. The Hall–Kier alpha value is -3.03. The summed E-state index contributed by atoms with van der Waals surface area (Å²) in [5.74, 6) is -0.786. The van der Waals surface area contributed by atoms with Crippen molar-refractivity contribution >= 4 is 11.7 Å². The van der Waals surface area contributed by atoms with E-state index in [0.717, 1.165) is 9.25 Å². The molecule has 2 aromatic rings. The van der Waals surface area contributed by atoms with E-state index in [4.69, 9.17) is 10.5 Å². The molecule has 0 radical (unpaired) electrons. The molecule has 22 heavy (non-hydrogen) atoms. The minimum Gasteiger partial charge on any atom is -0.461 e. The van der Waals surface area contributed by atoms with Gasteiger partial charge in [0.1, 0.15) is 0 Å². The predicted molar refractivity (Wildman–Crippen MR) is 80.4 cm³/mol. The second kappa shape index (κ2) is 6.17. The predicted octanol–water partition coefficient (Wildman–Crippen LogP) is 0.0376. The van der Waals surface area contributed by atoms with Crippen LogP contribution in [0.2, 0.25) is 0 Å². The second-order valence-electron chi connectivity index (χ2n) is 4.46. The molecule has 3 N–H and O–H groups in total. The lowest BCUT2D eigenvalue weighted by Gasteiger charge is -2.08. The maximum absolute atomic E-state index is 12.4. The topological polar surface area (TPSA) is 112 Å². The molecule has 0 saturated heterocycles. The number of allylic oxidation sites excluding steroid dienone is 1. The molecule has 0 spiro atoms. The van der Waals surface area contributed by atoms with Crippen molar-refractivity contribution in [3.05, 3.63) is 57.0 Å². The van der Waals surface area contributed by atoms with Crippen LogP contribution in [-0.2, 0) is 9.53 Å². The highest BCUT2D eigenvalue weighted by molar-refractivity contribution is 6.10. The average Bonchev–Trinajstić information content (AvgIpc) is 2.75. The van der Waals surface area contributed by atoms with Gasteiger partial charge in [0.05, 0.1) is 12.3 Å². The molecule has 1 aromatic carbocycles. The van der Waals surface area contributed by atoms with Gasteiger partial charge in [-0.05, 0) is 26.0 Å². The fourth-order valence-corrected chi connectivity index (χ4v) is 1.96. The maximum atomic E-state index is 12.4. The number of rotatable bonds is 4. The number of hydrogen-bond donors (Lipinski definition) is 2. The van der Waals surface area contributed by atoms with E-state index in [9.17, 15) is 14.4 Å². The molecule has 1 heterocycles. The van der Waals surface area contributed by atoms with Crippen molar-refractivity contribution in [1.29, 1.82) is 0 Å². The highest BCUT2D eigenvalue weighted by Gasteiger charge is 2.21. The molecule has 0 aliphatic rings. The van der Waals surface area contributed by atoms with Gasteiger partial charge in [-0.3, -0.25) is 0 Å². The largest absolute Gasteiger partial charge is 0.461 e. The van der Waals surface area contributed by atoms with Crippen LogP contribution in [0.25, 0.3) is 11.4 Å². The number of carbonyl (C=O) groups excluding carboxylic acids is 1. The fourth-order valence-electron chi connectivity index (χ4n) is 1.96. The number of nitrogens with two attached hydrogens (primary N) is 1. The number of nitrogens with one attached hydrogen (secondary N) is 1. The Labute approximate surface area is 125 Å². The summed E-state index contributed by atoms with van der Waals surface area (Å²) in [6, 6.07) is 8.34. The molecule has 0 aliphatic carbocycles. The number of ether oxygens (including phenoxy) is 1. The Kier molecular flexibility index (Phi) is 4.31. The summed E-state index contributed by atoms with van der Waals surface area (Å²) in [6.07, 6.45) is 0. The molecule has 0 amide bonds. The number of aromatic nitrogens is 3. The first-order chi connectivity index (χ1) is 10.5. The van der Waals surface area contributed by atoms with Crippen molar-refractivity contribution in [1.82, 2.24) is 14.3 Å². The molecule has 0 aliphatic heterocycles. The summed E-state index contributed by atoms with van der Waals surface area (Å²) in [5.41, 5.74) is 4.47. The highest BCUT2D eigenvalue weighted by Crippen LogP contribution is 2.07. The minimum absolute atomic E-state index is 0.0574. The van der Waals surface area contributed by atoms with E-state index >= 15 is 0 Å². The smallest absolute Gasteiger partial charge is 0.358 e. The fraction of sp³-hybridized carbons (Fsp3) is 0.214. The number of esters is 1. The number of nitrogens with zero attached hydrogens (tertiary/aromatic N) is 2. The van der Waals surface area contributed by atoms with Gasteiger partial charge in [-0.15, -0.1) is 0 Å². The Morgan fingerprint density at radius 3 is 2.45 bits per heavy atom. The molecule has 8 nitrogen and oxygen atoms in total. The molecule has 0 bridgehead atoms. The van der Waals surface area contributed by atoms with Gasteiger partial charge < -0.3 is 10.5 Å². The molecular weight excluding hydrogens is 288 g/mol. The third-order valence-electron chi connectivity index (χ3n) is 2.87. The summed E-state index contributed by atoms with van der Waals surface area (Å²) >= 11 is 0. The third-order valence-corrected chi connectivity index (χ3v) is 2.87. The van der Waals surface area contributed by atoms with Crippen molar-refractivity contribution < 1.29 is 9.53 Å². The van der Waals surface area contributed by atoms with E-state index in [2.05, 4.69) is 5.10 Å². The van der Waals surface area contributed by atoms with Gasteiger partial charge >= 0.3 is 17.3 Å². The van der Waals surface area contributed by atoms with Gasteiger partial charge in [0, 0.05) is 5.70 Å². The van der Waals surface area contributed by atoms with Crippen molar-refractivity contribution in [2.75, 3.05) is 6.61 Å². The second-order valence-corrected chi connectivity index (χ2v) is 4.46. The van der Waals surface area contributed by atoms with E-state index in [1.54, 1.807) is 37.3 Å². The van der Waals surface area contributed by atoms with E-state index in [0.29, 0.717) is 5.69 Å². The van der Waals surface area contributed by atoms with Gasteiger partial charge in [0.15, 0.2) is 5.70 Å². The maximum Gasteiger partial charge on any atom is 0.358 e. The molecule has 8 heteroatoms. The van der Waals surface area contributed by atoms with Crippen molar-refractivity contribution in [3.63, 3.8) is 0 Å². The van der Waals surface area contributed by atoms with Crippen LogP contribution in [0.4, 0.5) is 0 Å².